The predicted molar refractivity (Wildman–Crippen MR) is 119 cm³/mol. The molecule has 30 heavy (non-hydrogen) atoms. The highest BCUT2D eigenvalue weighted by Crippen LogP contribution is 2.24. The zero-order valence-electron chi connectivity index (χ0n) is 17.3. The molecule has 0 fully saturated rings. The monoisotopic (exact) mass is 424 g/mol. The third-order valence-corrected chi connectivity index (χ3v) is 6.08. The van der Waals surface area contributed by atoms with Crippen LogP contribution in [0.3, 0.4) is 0 Å². The Morgan fingerprint density at radius 3 is 2.03 bits per heavy atom. The van der Waals surface area contributed by atoms with E-state index in [1.54, 1.807) is 62.6 Å². The SMILES string of the molecule is COc1ccc(NS(=O)(=O)c2cc(NC(=O)c3cc(C)cc(C)c3)ccc2C)cc1. The molecule has 0 aromatic heterocycles. The van der Waals surface area contributed by atoms with Gasteiger partial charge in [0, 0.05) is 16.9 Å². The van der Waals surface area contributed by atoms with Gasteiger partial charge in [0.2, 0.25) is 0 Å². The number of nitrogens with one attached hydrogen (secondary N) is 2. The number of ether oxygens (including phenoxy) is 1. The van der Waals surface area contributed by atoms with Crippen LogP contribution in [0.5, 0.6) is 5.75 Å². The number of aryl methyl sites for hydroxylation is 3. The molecule has 2 N–H and O–H groups in total. The molecule has 1 amide bonds. The van der Waals surface area contributed by atoms with Crippen LogP contribution in [0.4, 0.5) is 11.4 Å². The number of methoxy groups -OCH3 is 1. The van der Waals surface area contributed by atoms with Crippen molar-refractivity contribution in [1.82, 2.24) is 0 Å². The summed E-state index contributed by atoms with van der Waals surface area (Å²) in [5.74, 6) is 0.335. The van der Waals surface area contributed by atoms with E-state index in [0.717, 1.165) is 11.1 Å². The first-order valence-corrected chi connectivity index (χ1v) is 10.8. The van der Waals surface area contributed by atoms with Crippen molar-refractivity contribution in [3.05, 3.63) is 82.9 Å². The quantitative estimate of drug-likeness (QED) is 0.602. The van der Waals surface area contributed by atoms with Crippen LogP contribution in [0.25, 0.3) is 0 Å². The van der Waals surface area contributed by atoms with Crippen LogP contribution in [0, 0.1) is 20.8 Å². The summed E-state index contributed by atoms with van der Waals surface area (Å²) in [5.41, 5.74) is 3.88. The highest BCUT2D eigenvalue weighted by molar-refractivity contribution is 7.92. The van der Waals surface area contributed by atoms with Gasteiger partial charge in [0.25, 0.3) is 15.9 Å². The minimum atomic E-state index is -3.84. The van der Waals surface area contributed by atoms with Crippen molar-refractivity contribution >= 4 is 27.3 Å². The average molecular weight is 425 g/mol. The van der Waals surface area contributed by atoms with E-state index in [4.69, 9.17) is 4.74 Å². The van der Waals surface area contributed by atoms with E-state index < -0.39 is 10.0 Å². The van der Waals surface area contributed by atoms with E-state index >= 15 is 0 Å². The number of hydrogen-bond donors (Lipinski definition) is 2. The molecule has 0 saturated carbocycles. The lowest BCUT2D eigenvalue weighted by Gasteiger charge is -2.13. The van der Waals surface area contributed by atoms with E-state index in [9.17, 15) is 13.2 Å². The van der Waals surface area contributed by atoms with E-state index in [-0.39, 0.29) is 10.8 Å². The first-order chi connectivity index (χ1) is 14.2. The summed E-state index contributed by atoms with van der Waals surface area (Å²) < 4.78 is 33.5. The second-order valence-corrected chi connectivity index (χ2v) is 8.80. The topological polar surface area (TPSA) is 84.5 Å². The lowest BCUT2D eigenvalue weighted by molar-refractivity contribution is 0.102. The molecule has 0 aliphatic heterocycles. The molecule has 0 heterocycles. The number of carbonyl (C=O) groups is 1. The molecule has 0 atom stereocenters. The molecule has 6 nitrogen and oxygen atoms in total. The molecule has 156 valence electrons. The molecule has 0 aliphatic rings. The summed E-state index contributed by atoms with van der Waals surface area (Å²) in [5, 5.41) is 2.78. The molecule has 7 heteroatoms. The summed E-state index contributed by atoms with van der Waals surface area (Å²) in [6.45, 7) is 5.55. The fourth-order valence-corrected chi connectivity index (χ4v) is 4.48. The van der Waals surface area contributed by atoms with Crippen LogP contribution in [0.2, 0.25) is 0 Å². The molecule has 0 bridgehead atoms. The first kappa shape index (κ1) is 21.4. The third kappa shape index (κ3) is 4.99. The van der Waals surface area contributed by atoms with Gasteiger partial charge in [-0.25, -0.2) is 8.42 Å². The van der Waals surface area contributed by atoms with Gasteiger partial charge < -0.3 is 10.1 Å². The number of rotatable bonds is 6. The maximum absolute atomic E-state index is 12.9. The van der Waals surface area contributed by atoms with Crippen molar-refractivity contribution in [3.63, 3.8) is 0 Å². The minimum Gasteiger partial charge on any atom is -0.497 e. The van der Waals surface area contributed by atoms with Crippen LogP contribution >= 0.6 is 0 Å². The highest BCUT2D eigenvalue weighted by Gasteiger charge is 2.18. The summed E-state index contributed by atoms with van der Waals surface area (Å²) >= 11 is 0. The first-order valence-electron chi connectivity index (χ1n) is 9.35. The maximum Gasteiger partial charge on any atom is 0.262 e. The molecular formula is C23H24N2O4S. The van der Waals surface area contributed by atoms with Crippen molar-refractivity contribution in [2.45, 2.75) is 25.7 Å². The Morgan fingerprint density at radius 2 is 1.43 bits per heavy atom. The molecule has 0 unspecified atom stereocenters. The van der Waals surface area contributed by atoms with E-state index in [0.29, 0.717) is 28.3 Å². The van der Waals surface area contributed by atoms with Crippen LogP contribution < -0.4 is 14.8 Å². The lowest BCUT2D eigenvalue weighted by atomic mass is 10.1. The van der Waals surface area contributed by atoms with Crippen LogP contribution in [0.1, 0.15) is 27.0 Å². The molecule has 3 aromatic rings. The number of anilines is 2. The van der Waals surface area contributed by atoms with Crippen molar-refractivity contribution in [1.29, 1.82) is 0 Å². The van der Waals surface area contributed by atoms with Gasteiger partial charge in [0.05, 0.1) is 12.0 Å². The van der Waals surface area contributed by atoms with Gasteiger partial charge in [0.15, 0.2) is 0 Å². The van der Waals surface area contributed by atoms with Gasteiger partial charge in [-0.2, -0.15) is 0 Å². The molecule has 0 spiro atoms. The Kier molecular flexibility index (Phi) is 6.12. The Labute approximate surface area is 177 Å². The van der Waals surface area contributed by atoms with E-state index in [1.807, 2.05) is 19.9 Å². The summed E-state index contributed by atoms with van der Waals surface area (Å²) in [7, 11) is -2.30. The van der Waals surface area contributed by atoms with Crippen LogP contribution in [-0.2, 0) is 10.0 Å². The Bertz CT molecular complexity index is 1170. The number of hydrogen-bond acceptors (Lipinski definition) is 4. The molecule has 0 radical (unpaired) electrons. The van der Waals surface area contributed by atoms with E-state index in [1.165, 1.54) is 6.07 Å². The minimum absolute atomic E-state index is 0.0940. The van der Waals surface area contributed by atoms with Crippen LogP contribution in [0.15, 0.2) is 65.6 Å². The summed E-state index contributed by atoms with van der Waals surface area (Å²) in [4.78, 5) is 12.7. The standard InChI is InChI=1S/C23H24N2O4S/c1-15-11-16(2)13-18(12-15)23(26)24-20-6-5-17(3)22(14-20)30(27,28)25-19-7-9-21(29-4)10-8-19/h5-14,25H,1-4H3,(H,24,26). The average Bonchev–Trinajstić information content (AvgIpc) is 2.69. The molecule has 0 saturated heterocycles. The summed E-state index contributed by atoms with van der Waals surface area (Å²) in [6.07, 6.45) is 0. The second-order valence-electron chi connectivity index (χ2n) is 7.14. The zero-order chi connectivity index (χ0) is 21.9. The predicted octanol–water partition coefficient (Wildman–Crippen LogP) is 4.67. The van der Waals surface area contributed by atoms with Crippen molar-refractivity contribution in [3.8, 4) is 5.75 Å². The molecule has 0 aliphatic carbocycles. The zero-order valence-corrected chi connectivity index (χ0v) is 18.1. The smallest absolute Gasteiger partial charge is 0.262 e. The summed E-state index contributed by atoms with van der Waals surface area (Å²) in [6, 6.07) is 17.0. The van der Waals surface area contributed by atoms with E-state index in [2.05, 4.69) is 10.0 Å². The van der Waals surface area contributed by atoms with Gasteiger partial charge in [-0.1, -0.05) is 23.3 Å². The van der Waals surface area contributed by atoms with Crippen molar-refractivity contribution in [2.24, 2.45) is 0 Å². The fourth-order valence-electron chi connectivity index (χ4n) is 3.15. The molecular weight excluding hydrogens is 400 g/mol. The van der Waals surface area contributed by atoms with Crippen LogP contribution in [-0.4, -0.2) is 21.4 Å². The molecule has 3 rings (SSSR count). The van der Waals surface area contributed by atoms with Gasteiger partial charge in [0.1, 0.15) is 5.75 Å². The van der Waals surface area contributed by atoms with Crippen molar-refractivity contribution < 1.29 is 17.9 Å². The van der Waals surface area contributed by atoms with Gasteiger partial charge >= 0.3 is 0 Å². The Hall–Kier alpha value is -3.32. The number of benzene rings is 3. The Balaban J connectivity index is 1.85. The highest BCUT2D eigenvalue weighted by atomic mass is 32.2. The number of sulfonamides is 1. The largest absolute Gasteiger partial charge is 0.497 e. The lowest BCUT2D eigenvalue weighted by Crippen LogP contribution is -2.16. The third-order valence-electron chi connectivity index (χ3n) is 4.56. The number of carbonyl (C=O) groups excluding carboxylic acids is 1. The Morgan fingerprint density at radius 1 is 0.833 bits per heavy atom. The maximum atomic E-state index is 12.9. The van der Waals surface area contributed by atoms with Crippen molar-refractivity contribution in [2.75, 3.05) is 17.1 Å². The fraction of sp³-hybridized carbons (Fsp3) is 0.174. The molecule has 3 aromatic carbocycles. The normalized spacial score (nSPS) is 11.1. The van der Waals surface area contributed by atoms with Gasteiger partial charge in [-0.15, -0.1) is 0 Å². The van der Waals surface area contributed by atoms with Gasteiger partial charge in [-0.3, -0.25) is 9.52 Å². The van der Waals surface area contributed by atoms with Gasteiger partial charge in [-0.05, 0) is 74.9 Å². The second kappa shape index (κ2) is 8.59. The number of amides is 1.